The first kappa shape index (κ1) is 24.6. The van der Waals surface area contributed by atoms with E-state index in [0.29, 0.717) is 24.9 Å². The summed E-state index contributed by atoms with van der Waals surface area (Å²) in [5.41, 5.74) is 3.47. The minimum Gasteiger partial charge on any atom is -0.481 e. The quantitative estimate of drug-likeness (QED) is 0.357. The van der Waals surface area contributed by atoms with Crippen molar-refractivity contribution < 1.29 is 19.5 Å². The van der Waals surface area contributed by atoms with E-state index in [0.717, 1.165) is 21.7 Å². The Hall–Kier alpha value is -3.06. The van der Waals surface area contributed by atoms with E-state index in [1.165, 1.54) is 11.8 Å². The molecule has 0 saturated heterocycles. The van der Waals surface area contributed by atoms with Crippen LogP contribution >= 0.6 is 11.8 Å². The van der Waals surface area contributed by atoms with Crippen molar-refractivity contribution >= 4 is 40.9 Å². The molecule has 7 heteroatoms. The first-order valence-electron chi connectivity index (χ1n) is 11.1. The highest BCUT2D eigenvalue weighted by Gasteiger charge is 2.34. The average Bonchev–Trinajstić information content (AvgIpc) is 2.80. The van der Waals surface area contributed by atoms with Crippen LogP contribution in [0, 0.1) is 25.7 Å². The van der Waals surface area contributed by atoms with Crippen LogP contribution in [0.1, 0.15) is 37.3 Å². The molecule has 0 aromatic heterocycles. The Morgan fingerprint density at radius 2 is 1.64 bits per heavy atom. The molecule has 6 nitrogen and oxygen atoms in total. The van der Waals surface area contributed by atoms with Crippen molar-refractivity contribution in [3.8, 4) is 0 Å². The molecule has 0 fully saturated rings. The molecule has 1 aliphatic carbocycles. The zero-order chi connectivity index (χ0) is 24.0. The molecule has 2 aromatic carbocycles. The summed E-state index contributed by atoms with van der Waals surface area (Å²) in [7, 11) is 0. The summed E-state index contributed by atoms with van der Waals surface area (Å²) in [5, 5.41) is 15.1. The largest absolute Gasteiger partial charge is 0.481 e. The molecule has 3 atom stereocenters. The van der Waals surface area contributed by atoms with Crippen molar-refractivity contribution in [2.75, 3.05) is 10.6 Å². The molecule has 0 aliphatic heterocycles. The predicted molar refractivity (Wildman–Crippen MR) is 133 cm³/mol. The summed E-state index contributed by atoms with van der Waals surface area (Å²) >= 11 is 1.44. The Morgan fingerprint density at radius 1 is 1.00 bits per heavy atom. The highest BCUT2D eigenvalue weighted by Crippen LogP contribution is 2.31. The molecule has 0 saturated carbocycles. The van der Waals surface area contributed by atoms with Gasteiger partial charge in [0.15, 0.2) is 0 Å². The fourth-order valence-electron chi connectivity index (χ4n) is 3.96. The molecule has 0 heterocycles. The van der Waals surface area contributed by atoms with Crippen molar-refractivity contribution in [2.45, 2.75) is 50.2 Å². The summed E-state index contributed by atoms with van der Waals surface area (Å²) in [4.78, 5) is 38.1. The Bertz CT molecular complexity index is 1050. The van der Waals surface area contributed by atoms with Gasteiger partial charge in [0.25, 0.3) is 0 Å². The van der Waals surface area contributed by atoms with E-state index in [9.17, 15) is 19.5 Å². The monoisotopic (exact) mass is 466 g/mol. The van der Waals surface area contributed by atoms with E-state index < -0.39 is 17.8 Å². The Labute approximate surface area is 198 Å². The molecular formula is C26H30N2O4S. The molecular weight excluding hydrogens is 436 g/mol. The van der Waals surface area contributed by atoms with Gasteiger partial charge < -0.3 is 15.7 Å². The van der Waals surface area contributed by atoms with Crippen LogP contribution in [-0.4, -0.2) is 28.1 Å². The maximum atomic E-state index is 13.0. The van der Waals surface area contributed by atoms with Gasteiger partial charge in [0.05, 0.1) is 17.1 Å². The number of para-hydroxylation sites is 1. The van der Waals surface area contributed by atoms with E-state index in [-0.39, 0.29) is 17.1 Å². The van der Waals surface area contributed by atoms with Crippen molar-refractivity contribution in [3.05, 3.63) is 65.7 Å². The van der Waals surface area contributed by atoms with Crippen LogP contribution in [0.2, 0.25) is 0 Å². The molecule has 1 aliphatic rings. The number of amides is 2. The molecule has 0 bridgehead atoms. The predicted octanol–water partition coefficient (Wildman–Crippen LogP) is 5.42. The maximum Gasteiger partial charge on any atom is 0.307 e. The van der Waals surface area contributed by atoms with Gasteiger partial charge in [-0.25, -0.2) is 0 Å². The molecule has 0 spiro atoms. The first-order chi connectivity index (χ1) is 15.8. The van der Waals surface area contributed by atoms with Gasteiger partial charge in [-0.1, -0.05) is 43.3 Å². The van der Waals surface area contributed by atoms with Gasteiger partial charge in [-0.05, 0) is 62.4 Å². The second-order valence-corrected chi connectivity index (χ2v) is 9.56. The SMILES string of the molecule is CCC(Sc1cccc(NC(=O)C2CC=CCC2C(=O)O)c1)C(=O)Nc1c(C)cccc1C. The molecule has 2 amide bonds. The number of allylic oxidation sites excluding steroid dienone is 2. The zero-order valence-electron chi connectivity index (χ0n) is 19.1. The van der Waals surface area contributed by atoms with Crippen LogP contribution in [0.5, 0.6) is 0 Å². The molecule has 2 aromatic rings. The van der Waals surface area contributed by atoms with Crippen LogP contribution in [0.3, 0.4) is 0 Å². The van der Waals surface area contributed by atoms with Crippen LogP contribution in [0.25, 0.3) is 0 Å². The van der Waals surface area contributed by atoms with Crippen LogP contribution in [-0.2, 0) is 14.4 Å². The molecule has 3 N–H and O–H groups in total. The Kier molecular flexibility index (Phi) is 8.33. The molecule has 0 radical (unpaired) electrons. The second-order valence-electron chi connectivity index (χ2n) is 8.28. The minimum atomic E-state index is -0.954. The summed E-state index contributed by atoms with van der Waals surface area (Å²) in [6.07, 6.45) is 5.09. The number of aryl methyl sites for hydroxylation is 2. The second kappa shape index (κ2) is 11.2. The van der Waals surface area contributed by atoms with Gasteiger partial charge >= 0.3 is 5.97 Å². The number of hydrogen-bond acceptors (Lipinski definition) is 4. The number of anilines is 2. The summed E-state index contributed by atoms with van der Waals surface area (Å²) < 4.78 is 0. The third-order valence-electron chi connectivity index (χ3n) is 5.86. The molecule has 3 rings (SSSR count). The van der Waals surface area contributed by atoms with Crippen molar-refractivity contribution in [2.24, 2.45) is 11.8 Å². The van der Waals surface area contributed by atoms with Crippen LogP contribution in [0.15, 0.2) is 59.5 Å². The number of carbonyl (C=O) groups is 3. The lowest BCUT2D eigenvalue weighted by atomic mass is 9.82. The zero-order valence-corrected chi connectivity index (χ0v) is 19.9. The molecule has 174 valence electrons. The number of rotatable bonds is 8. The fraction of sp³-hybridized carbons (Fsp3) is 0.346. The lowest BCUT2D eigenvalue weighted by Gasteiger charge is -2.24. The van der Waals surface area contributed by atoms with Gasteiger partial charge in [-0.15, -0.1) is 11.8 Å². The highest BCUT2D eigenvalue weighted by atomic mass is 32.2. The van der Waals surface area contributed by atoms with Gasteiger partial charge in [0, 0.05) is 16.3 Å². The number of nitrogens with one attached hydrogen (secondary N) is 2. The maximum absolute atomic E-state index is 13.0. The van der Waals surface area contributed by atoms with Gasteiger partial charge in [-0.2, -0.15) is 0 Å². The normalized spacial score (nSPS) is 18.4. The van der Waals surface area contributed by atoms with Crippen molar-refractivity contribution in [1.82, 2.24) is 0 Å². The topological polar surface area (TPSA) is 95.5 Å². The highest BCUT2D eigenvalue weighted by molar-refractivity contribution is 8.00. The third-order valence-corrected chi connectivity index (χ3v) is 7.22. The van der Waals surface area contributed by atoms with E-state index >= 15 is 0 Å². The van der Waals surface area contributed by atoms with Gasteiger partial charge in [-0.3, -0.25) is 14.4 Å². The number of thioether (sulfide) groups is 1. The lowest BCUT2D eigenvalue weighted by molar-refractivity contribution is -0.146. The number of benzene rings is 2. The number of carbonyl (C=O) groups excluding carboxylic acids is 2. The number of carboxylic acid groups (broad SMARTS) is 1. The van der Waals surface area contributed by atoms with E-state index in [1.807, 2.05) is 69.3 Å². The smallest absolute Gasteiger partial charge is 0.307 e. The van der Waals surface area contributed by atoms with Crippen LogP contribution < -0.4 is 10.6 Å². The van der Waals surface area contributed by atoms with Crippen molar-refractivity contribution in [3.63, 3.8) is 0 Å². The van der Waals surface area contributed by atoms with Crippen molar-refractivity contribution in [1.29, 1.82) is 0 Å². The summed E-state index contributed by atoms with van der Waals surface area (Å²) in [5.74, 6) is -2.63. The van der Waals surface area contributed by atoms with Gasteiger partial charge in [0.1, 0.15) is 0 Å². The molecule has 3 unspecified atom stereocenters. The summed E-state index contributed by atoms with van der Waals surface area (Å²) in [6, 6.07) is 13.2. The minimum absolute atomic E-state index is 0.0624. The van der Waals surface area contributed by atoms with Crippen LogP contribution in [0.4, 0.5) is 11.4 Å². The number of carboxylic acids is 1. The number of aliphatic carboxylic acids is 1. The number of hydrogen-bond donors (Lipinski definition) is 3. The van der Waals surface area contributed by atoms with E-state index in [2.05, 4.69) is 10.6 Å². The summed E-state index contributed by atoms with van der Waals surface area (Å²) in [6.45, 7) is 5.91. The standard InChI is InChI=1S/C26H30N2O4S/c1-4-22(25(30)28-23-16(2)9-7-10-17(23)3)33-19-12-8-11-18(15-19)27-24(29)20-13-5-6-14-21(20)26(31)32/h5-12,15,20-22H,4,13-14H2,1-3H3,(H,27,29)(H,28,30)(H,31,32). The average molecular weight is 467 g/mol. The Balaban J connectivity index is 1.68. The molecule has 33 heavy (non-hydrogen) atoms. The van der Waals surface area contributed by atoms with E-state index in [1.54, 1.807) is 6.07 Å². The fourth-order valence-corrected chi connectivity index (χ4v) is 4.97. The van der Waals surface area contributed by atoms with Gasteiger partial charge in [0.2, 0.25) is 11.8 Å². The first-order valence-corrected chi connectivity index (χ1v) is 12.0. The van der Waals surface area contributed by atoms with E-state index in [4.69, 9.17) is 0 Å². The Morgan fingerprint density at radius 3 is 2.27 bits per heavy atom. The third kappa shape index (κ3) is 6.26. The lowest BCUT2D eigenvalue weighted by Crippen LogP contribution is -2.34.